The van der Waals surface area contributed by atoms with Gasteiger partial charge in [-0.3, -0.25) is 4.90 Å². The number of nitrogens with zero attached hydrogens (tertiary/aromatic N) is 1. The van der Waals surface area contributed by atoms with Gasteiger partial charge < -0.3 is 10.1 Å². The molecule has 1 fully saturated rings. The second-order valence-electron chi connectivity index (χ2n) is 3.88. The van der Waals surface area contributed by atoms with Gasteiger partial charge in [0.15, 0.2) is 0 Å². The molecule has 0 saturated carbocycles. The van der Waals surface area contributed by atoms with Crippen LogP contribution in [0.15, 0.2) is 0 Å². The first-order valence-electron chi connectivity index (χ1n) is 5.91. The van der Waals surface area contributed by atoms with Gasteiger partial charge in [-0.25, -0.2) is 0 Å². The molecule has 0 aromatic carbocycles. The Kier molecular flexibility index (Phi) is 9.51. The number of rotatable bonds is 6. The number of nitrogens with one attached hydrogen (secondary N) is 1. The minimum absolute atomic E-state index is 0. The normalized spacial score (nSPS) is 22.4. The number of piperazine rings is 1. The van der Waals surface area contributed by atoms with Crippen molar-refractivity contribution in [3.8, 4) is 0 Å². The van der Waals surface area contributed by atoms with E-state index in [1.165, 1.54) is 19.4 Å². The minimum Gasteiger partial charge on any atom is -0.380 e. The molecular weight excluding hydrogens is 212 g/mol. The van der Waals surface area contributed by atoms with Gasteiger partial charge in [-0.1, -0.05) is 13.3 Å². The van der Waals surface area contributed by atoms with E-state index < -0.39 is 0 Å². The van der Waals surface area contributed by atoms with Crippen molar-refractivity contribution in [1.29, 1.82) is 0 Å². The molecule has 1 N–H and O–H groups in total. The van der Waals surface area contributed by atoms with Gasteiger partial charge in [-0.2, -0.15) is 0 Å². The van der Waals surface area contributed by atoms with Crippen molar-refractivity contribution >= 4 is 12.4 Å². The molecule has 15 heavy (non-hydrogen) atoms. The van der Waals surface area contributed by atoms with E-state index in [4.69, 9.17) is 4.74 Å². The van der Waals surface area contributed by atoms with Gasteiger partial charge in [0.1, 0.15) is 0 Å². The van der Waals surface area contributed by atoms with Crippen LogP contribution in [0.1, 0.15) is 26.7 Å². The van der Waals surface area contributed by atoms with E-state index in [9.17, 15) is 0 Å². The maximum atomic E-state index is 5.40. The molecule has 1 heterocycles. The van der Waals surface area contributed by atoms with Gasteiger partial charge in [-0.15, -0.1) is 12.4 Å². The van der Waals surface area contributed by atoms with Crippen LogP contribution in [-0.2, 0) is 4.74 Å². The Labute approximate surface area is 100.0 Å². The Morgan fingerprint density at radius 1 is 1.40 bits per heavy atom. The molecule has 0 radical (unpaired) electrons. The number of halogens is 1. The third-order valence-electron chi connectivity index (χ3n) is 2.82. The van der Waals surface area contributed by atoms with Crippen LogP contribution in [0.3, 0.4) is 0 Å². The lowest BCUT2D eigenvalue weighted by atomic mass is 10.1. The van der Waals surface area contributed by atoms with Crippen LogP contribution in [0.4, 0.5) is 0 Å². The van der Waals surface area contributed by atoms with Crippen LogP contribution < -0.4 is 5.32 Å². The van der Waals surface area contributed by atoms with E-state index >= 15 is 0 Å². The summed E-state index contributed by atoms with van der Waals surface area (Å²) in [6.45, 7) is 10.6. The summed E-state index contributed by atoms with van der Waals surface area (Å²) in [4.78, 5) is 2.57. The molecule has 0 bridgehead atoms. The lowest BCUT2D eigenvalue weighted by Crippen LogP contribution is -2.52. The third kappa shape index (κ3) is 5.71. The summed E-state index contributed by atoms with van der Waals surface area (Å²) in [5, 5.41) is 3.46. The van der Waals surface area contributed by atoms with Crippen molar-refractivity contribution in [2.45, 2.75) is 32.7 Å². The predicted molar refractivity (Wildman–Crippen MR) is 66.9 cm³/mol. The van der Waals surface area contributed by atoms with Crippen LogP contribution >= 0.6 is 12.4 Å². The Balaban J connectivity index is 0.00000196. The van der Waals surface area contributed by atoms with E-state index in [0.29, 0.717) is 0 Å². The van der Waals surface area contributed by atoms with E-state index in [0.717, 1.165) is 38.9 Å². The van der Waals surface area contributed by atoms with Gasteiger partial charge in [0.25, 0.3) is 0 Å². The first-order valence-corrected chi connectivity index (χ1v) is 5.91. The molecule has 1 saturated heterocycles. The molecule has 92 valence electrons. The van der Waals surface area contributed by atoms with E-state index in [1.54, 1.807) is 0 Å². The third-order valence-corrected chi connectivity index (χ3v) is 2.82. The molecule has 0 amide bonds. The summed E-state index contributed by atoms with van der Waals surface area (Å²) in [5.41, 5.74) is 0. The highest BCUT2D eigenvalue weighted by Gasteiger charge is 2.20. The smallest absolute Gasteiger partial charge is 0.0593 e. The fraction of sp³-hybridized carbons (Fsp3) is 1.00. The molecule has 4 heteroatoms. The highest BCUT2D eigenvalue weighted by Crippen LogP contribution is 2.08. The lowest BCUT2D eigenvalue weighted by molar-refractivity contribution is 0.0800. The van der Waals surface area contributed by atoms with Gasteiger partial charge in [0.05, 0.1) is 6.61 Å². The summed E-state index contributed by atoms with van der Waals surface area (Å²) >= 11 is 0. The molecule has 1 atom stereocenters. The Hall–Kier alpha value is 0.170. The fourth-order valence-electron chi connectivity index (χ4n) is 2.04. The molecule has 1 aliphatic heterocycles. The van der Waals surface area contributed by atoms with Crippen molar-refractivity contribution in [3.63, 3.8) is 0 Å². The quantitative estimate of drug-likeness (QED) is 0.708. The zero-order valence-corrected chi connectivity index (χ0v) is 10.8. The van der Waals surface area contributed by atoms with Crippen molar-refractivity contribution in [1.82, 2.24) is 10.2 Å². The van der Waals surface area contributed by atoms with Gasteiger partial charge in [0, 0.05) is 38.8 Å². The second-order valence-corrected chi connectivity index (χ2v) is 3.88. The molecular formula is C11H25ClN2O. The largest absolute Gasteiger partial charge is 0.380 e. The fourth-order valence-corrected chi connectivity index (χ4v) is 2.04. The van der Waals surface area contributed by atoms with Crippen LogP contribution in [0.2, 0.25) is 0 Å². The molecule has 0 aliphatic carbocycles. The Bertz CT molecular complexity index is 145. The minimum atomic E-state index is 0. The van der Waals surface area contributed by atoms with E-state index in [1.807, 2.05) is 0 Å². The van der Waals surface area contributed by atoms with Crippen molar-refractivity contribution in [3.05, 3.63) is 0 Å². The highest BCUT2D eigenvalue weighted by molar-refractivity contribution is 5.85. The number of hydrogen-bond acceptors (Lipinski definition) is 3. The van der Waals surface area contributed by atoms with E-state index in [2.05, 4.69) is 24.1 Å². The monoisotopic (exact) mass is 236 g/mol. The summed E-state index contributed by atoms with van der Waals surface area (Å²) in [6.07, 6.45) is 2.58. The van der Waals surface area contributed by atoms with Crippen LogP contribution in [0.5, 0.6) is 0 Å². The number of hydrogen-bond donors (Lipinski definition) is 1. The summed E-state index contributed by atoms with van der Waals surface area (Å²) in [5.74, 6) is 0. The SMILES string of the molecule is CCCC1CNCCN1CCOCC.Cl. The van der Waals surface area contributed by atoms with Gasteiger partial charge in [-0.05, 0) is 13.3 Å². The number of ether oxygens (including phenoxy) is 1. The highest BCUT2D eigenvalue weighted by atomic mass is 35.5. The van der Waals surface area contributed by atoms with Crippen LogP contribution in [-0.4, -0.2) is 50.3 Å². The molecule has 1 aliphatic rings. The van der Waals surface area contributed by atoms with Gasteiger partial charge in [0.2, 0.25) is 0 Å². The van der Waals surface area contributed by atoms with Crippen LogP contribution in [0.25, 0.3) is 0 Å². The topological polar surface area (TPSA) is 24.5 Å². The van der Waals surface area contributed by atoms with Crippen LogP contribution in [0, 0.1) is 0 Å². The lowest BCUT2D eigenvalue weighted by Gasteiger charge is -2.36. The maximum Gasteiger partial charge on any atom is 0.0593 e. The zero-order valence-electron chi connectivity index (χ0n) is 10.00. The maximum absolute atomic E-state index is 5.40. The molecule has 1 unspecified atom stereocenters. The predicted octanol–water partition coefficient (Wildman–Crippen LogP) is 1.52. The van der Waals surface area contributed by atoms with E-state index in [-0.39, 0.29) is 12.4 Å². The molecule has 3 nitrogen and oxygen atoms in total. The first kappa shape index (κ1) is 15.2. The molecule has 0 spiro atoms. The molecule has 0 aromatic heterocycles. The second kappa shape index (κ2) is 9.40. The van der Waals surface area contributed by atoms with Crippen molar-refractivity contribution < 1.29 is 4.74 Å². The molecule has 1 rings (SSSR count). The average Bonchev–Trinajstić information content (AvgIpc) is 2.21. The summed E-state index contributed by atoms with van der Waals surface area (Å²) < 4.78 is 5.40. The summed E-state index contributed by atoms with van der Waals surface area (Å²) in [7, 11) is 0. The summed E-state index contributed by atoms with van der Waals surface area (Å²) in [6, 6.07) is 0.731. The Morgan fingerprint density at radius 3 is 2.87 bits per heavy atom. The van der Waals surface area contributed by atoms with Crippen molar-refractivity contribution in [2.75, 3.05) is 39.4 Å². The first-order chi connectivity index (χ1) is 6.88. The zero-order chi connectivity index (χ0) is 10.2. The van der Waals surface area contributed by atoms with Crippen molar-refractivity contribution in [2.24, 2.45) is 0 Å². The molecule has 0 aromatic rings. The van der Waals surface area contributed by atoms with Gasteiger partial charge >= 0.3 is 0 Å². The standard InChI is InChI=1S/C11H24N2O.ClH/c1-3-5-11-10-12-6-7-13(11)8-9-14-4-2;/h11-12H,3-10H2,1-2H3;1H. The Morgan fingerprint density at radius 2 is 2.20 bits per heavy atom. The average molecular weight is 237 g/mol.